The predicted octanol–water partition coefficient (Wildman–Crippen LogP) is 5.36. The Labute approximate surface area is 200 Å². The van der Waals surface area contributed by atoms with Crippen LogP contribution in [0.2, 0.25) is 0 Å². The summed E-state index contributed by atoms with van der Waals surface area (Å²) in [6, 6.07) is 14.3. The summed E-state index contributed by atoms with van der Waals surface area (Å²) in [5.41, 5.74) is 1.61. The van der Waals surface area contributed by atoms with Gasteiger partial charge in [-0.05, 0) is 75.4 Å². The monoisotopic (exact) mass is 488 g/mol. The third-order valence-electron chi connectivity index (χ3n) is 5.11. The number of benzene rings is 2. The third-order valence-corrected chi connectivity index (χ3v) is 8.06. The van der Waals surface area contributed by atoms with Gasteiger partial charge >= 0.3 is 0 Å². The lowest BCUT2D eigenvalue weighted by Gasteiger charge is -2.24. The van der Waals surface area contributed by atoms with Gasteiger partial charge in [-0.25, -0.2) is 8.42 Å². The second-order valence-electron chi connectivity index (χ2n) is 8.25. The molecule has 0 saturated heterocycles. The lowest BCUT2D eigenvalue weighted by molar-refractivity contribution is 0.0757. The first-order valence-corrected chi connectivity index (χ1v) is 13.5. The van der Waals surface area contributed by atoms with E-state index in [0.717, 1.165) is 22.1 Å². The zero-order valence-corrected chi connectivity index (χ0v) is 21.3. The quantitative estimate of drug-likeness (QED) is 0.369. The number of amides is 1. The molecule has 33 heavy (non-hydrogen) atoms. The first-order chi connectivity index (χ1) is 15.7. The normalized spacial score (nSPS) is 11.8. The molecule has 1 aromatic heterocycles. The zero-order chi connectivity index (χ0) is 24.0. The highest BCUT2D eigenvalue weighted by Gasteiger charge is 2.24. The lowest BCUT2D eigenvalue weighted by Crippen LogP contribution is -2.31. The topological polar surface area (TPSA) is 75.7 Å². The molecule has 2 aromatic carbocycles. The minimum absolute atomic E-state index is 0.125. The fourth-order valence-electron chi connectivity index (χ4n) is 3.41. The van der Waals surface area contributed by atoms with Crippen LogP contribution in [0.3, 0.4) is 0 Å². The Morgan fingerprint density at radius 3 is 2.52 bits per heavy atom. The Morgan fingerprint density at radius 1 is 1.12 bits per heavy atom. The van der Waals surface area contributed by atoms with E-state index < -0.39 is 10.0 Å². The summed E-state index contributed by atoms with van der Waals surface area (Å²) in [6.07, 6.45) is 1.61. The molecular weight excluding hydrogens is 456 g/mol. The molecule has 3 rings (SSSR count). The number of nitrogens with one attached hydrogen (secondary N) is 1. The van der Waals surface area contributed by atoms with Crippen molar-refractivity contribution in [1.29, 1.82) is 0 Å². The Balaban J connectivity index is 1.80. The molecule has 0 spiro atoms. The van der Waals surface area contributed by atoms with Gasteiger partial charge in [-0.1, -0.05) is 24.6 Å². The Hall–Kier alpha value is -2.42. The molecule has 3 aromatic rings. The first kappa shape index (κ1) is 25.2. The van der Waals surface area contributed by atoms with Crippen molar-refractivity contribution in [3.05, 3.63) is 59.0 Å². The molecule has 0 saturated carbocycles. The number of ether oxygens (including phenoxy) is 1. The molecule has 1 amide bonds. The Bertz CT molecular complexity index is 1180. The van der Waals surface area contributed by atoms with E-state index in [4.69, 9.17) is 4.74 Å². The maximum atomic E-state index is 13.4. The van der Waals surface area contributed by atoms with E-state index >= 15 is 0 Å². The van der Waals surface area contributed by atoms with Gasteiger partial charge in [0.1, 0.15) is 0 Å². The summed E-state index contributed by atoms with van der Waals surface area (Å²) in [7, 11) is -3.69. The molecule has 1 N–H and O–H groups in total. The number of rotatable bonds is 11. The average molecular weight is 489 g/mol. The summed E-state index contributed by atoms with van der Waals surface area (Å²) in [5, 5.41) is 3.78. The van der Waals surface area contributed by atoms with E-state index in [1.165, 1.54) is 15.6 Å². The second-order valence-corrected chi connectivity index (χ2v) is 11.2. The fraction of sp³-hybridized carbons (Fsp3) is 0.400. The van der Waals surface area contributed by atoms with Gasteiger partial charge in [0.15, 0.2) is 0 Å². The number of carbonyl (C=O) groups is 1. The Kier molecular flexibility index (Phi) is 8.51. The SMILES string of the molecule is CCCN(c1ccc2sc(C(=O)NCCCOC(C)C)cc2c1)S(=O)(=O)c1ccc(C)cc1. The average Bonchev–Trinajstić information content (AvgIpc) is 3.20. The number of nitrogens with zero attached hydrogens (tertiary/aromatic N) is 1. The number of fused-ring (bicyclic) bond motifs is 1. The fourth-order valence-corrected chi connectivity index (χ4v) is 5.91. The molecular formula is C25H32N2O4S2. The number of thiophene rings is 1. The highest BCUT2D eigenvalue weighted by molar-refractivity contribution is 7.92. The van der Waals surface area contributed by atoms with Crippen molar-refractivity contribution in [3.8, 4) is 0 Å². The van der Waals surface area contributed by atoms with Gasteiger partial charge in [-0.2, -0.15) is 0 Å². The van der Waals surface area contributed by atoms with Crippen LogP contribution in [0.4, 0.5) is 5.69 Å². The van der Waals surface area contributed by atoms with Crippen molar-refractivity contribution in [3.63, 3.8) is 0 Å². The van der Waals surface area contributed by atoms with Crippen LogP contribution >= 0.6 is 11.3 Å². The molecule has 0 fully saturated rings. The van der Waals surface area contributed by atoms with Crippen LogP contribution in [0.15, 0.2) is 53.4 Å². The molecule has 8 heteroatoms. The third kappa shape index (κ3) is 6.34. The molecule has 1 heterocycles. The maximum Gasteiger partial charge on any atom is 0.264 e. The minimum Gasteiger partial charge on any atom is -0.379 e. The van der Waals surface area contributed by atoms with Gasteiger partial charge in [0.2, 0.25) is 0 Å². The maximum absolute atomic E-state index is 13.4. The molecule has 0 radical (unpaired) electrons. The van der Waals surface area contributed by atoms with E-state index in [9.17, 15) is 13.2 Å². The highest BCUT2D eigenvalue weighted by atomic mass is 32.2. The summed E-state index contributed by atoms with van der Waals surface area (Å²) < 4.78 is 34.6. The number of anilines is 1. The molecule has 0 atom stereocenters. The highest BCUT2D eigenvalue weighted by Crippen LogP contribution is 2.32. The van der Waals surface area contributed by atoms with Crippen LogP contribution < -0.4 is 9.62 Å². The smallest absolute Gasteiger partial charge is 0.264 e. The molecule has 6 nitrogen and oxygen atoms in total. The summed E-state index contributed by atoms with van der Waals surface area (Å²) >= 11 is 1.40. The van der Waals surface area contributed by atoms with Crippen LogP contribution in [-0.2, 0) is 14.8 Å². The van der Waals surface area contributed by atoms with E-state index in [2.05, 4.69) is 5.32 Å². The molecule has 0 aliphatic rings. The Morgan fingerprint density at radius 2 is 1.85 bits per heavy atom. The van der Waals surface area contributed by atoms with Gasteiger partial charge < -0.3 is 10.1 Å². The molecule has 0 aliphatic heterocycles. The number of aryl methyl sites for hydroxylation is 1. The minimum atomic E-state index is -3.69. The van der Waals surface area contributed by atoms with Crippen LogP contribution in [0, 0.1) is 6.92 Å². The van der Waals surface area contributed by atoms with Crippen molar-refractivity contribution < 1.29 is 17.9 Å². The first-order valence-electron chi connectivity index (χ1n) is 11.2. The number of hydrogen-bond acceptors (Lipinski definition) is 5. The summed E-state index contributed by atoms with van der Waals surface area (Å²) in [4.78, 5) is 13.4. The van der Waals surface area contributed by atoms with Crippen molar-refractivity contribution in [2.24, 2.45) is 0 Å². The molecule has 178 valence electrons. The van der Waals surface area contributed by atoms with Gasteiger partial charge in [-0.15, -0.1) is 11.3 Å². The van der Waals surface area contributed by atoms with E-state index in [0.29, 0.717) is 36.7 Å². The van der Waals surface area contributed by atoms with Crippen LogP contribution in [-0.4, -0.2) is 40.1 Å². The zero-order valence-electron chi connectivity index (χ0n) is 19.6. The molecule has 0 aliphatic carbocycles. The standard InChI is InChI=1S/C25H32N2O4S2/c1-5-14-27(33(29,30)22-10-7-19(4)8-11-22)21-9-12-23-20(16-21)17-24(32-23)25(28)26-13-6-15-31-18(2)3/h7-12,16-18H,5-6,13-15H2,1-4H3,(H,26,28). The molecule has 0 bridgehead atoms. The lowest BCUT2D eigenvalue weighted by atomic mass is 10.2. The summed E-state index contributed by atoms with van der Waals surface area (Å²) in [6.45, 7) is 9.38. The van der Waals surface area contributed by atoms with Crippen LogP contribution in [0.5, 0.6) is 0 Å². The number of carbonyl (C=O) groups excluding carboxylic acids is 1. The largest absolute Gasteiger partial charge is 0.379 e. The summed E-state index contributed by atoms with van der Waals surface area (Å²) in [5.74, 6) is -0.125. The van der Waals surface area contributed by atoms with Gasteiger partial charge in [0, 0.05) is 24.4 Å². The number of sulfonamides is 1. The van der Waals surface area contributed by atoms with Crippen molar-refractivity contribution in [2.45, 2.75) is 51.5 Å². The number of hydrogen-bond donors (Lipinski definition) is 1. The van der Waals surface area contributed by atoms with E-state index in [1.54, 1.807) is 24.3 Å². The van der Waals surface area contributed by atoms with E-state index in [-0.39, 0.29) is 16.9 Å². The van der Waals surface area contributed by atoms with Crippen LogP contribution in [0.25, 0.3) is 10.1 Å². The van der Waals surface area contributed by atoms with Gasteiger partial charge in [0.05, 0.1) is 21.6 Å². The molecule has 0 unspecified atom stereocenters. The van der Waals surface area contributed by atoms with Crippen molar-refractivity contribution in [2.75, 3.05) is 24.0 Å². The second kappa shape index (κ2) is 11.1. The van der Waals surface area contributed by atoms with Gasteiger partial charge in [-0.3, -0.25) is 9.10 Å². The van der Waals surface area contributed by atoms with Crippen LogP contribution in [0.1, 0.15) is 48.8 Å². The van der Waals surface area contributed by atoms with Crippen molar-refractivity contribution >= 4 is 43.0 Å². The van der Waals surface area contributed by atoms with E-state index in [1.807, 2.05) is 52.0 Å². The van der Waals surface area contributed by atoms with Crippen molar-refractivity contribution in [1.82, 2.24) is 5.32 Å². The van der Waals surface area contributed by atoms with Gasteiger partial charge in [0.25, 0.3) is 15.9 Å². The predicted molar refractivity (Wildman–Crippen MR) is 136 cm³/mol.